The highest BCUT2D eigenvalue weighted by atomic mass is 15.2. The van der Waals surface area contributed by atoms with Gasteiger partial charge < -0.3 is 5.32 Å². The van der Waals surface area contributed by atoms with Crippen LogP contribution in [0.2, 0.25) is 0 Å². The van der Waals surface area contributed by atoms with Crippen molar-refractivity contribution in [2.75, 3.05) is 19.6 Å². The zero-order valence-corrected chi connectivity index (χ0v) is 14.7. The van der Waals surface area contributed by atoms with E-state index in [4.69, 9.17) is 0 Å². The SMILES string of the molecule is CC(C)NCC#CC#CC(C)(C)N1CCC(C(C)C)CC1. The zero-order valence-electron chi connectivity index (χ0n) is 14.7. The second-order valence-corrected chi connectivity index (χ2v) is 7.21. The maximum atomic E-state index is 3.34. The van der Waals surface area contributed by atoms with E-state index >= 15 is 0 Å². The minimum absolute atomic E-state index is 0.0674. The molecule has 0 aromatic rings. The fourth-order valence-corrected chi connectivity index (χ4v) is 2.73. The van der Waals surface area contributed by atoms with Crippen LogP contribution in [0, 0.1) is 35.5 Å². The number of rotatable bonds is 4. The summed E-state index contributed by atoms with van der Waals surface area (Å²) in [5.74, 6) is 14.1. The molecule has 1 aliphatic rings. The topological polar surface area (TPSA) is 15.3 Å². The monoisotopic (exact) mass is 288 g/mol. The highest BCUT2D eigenvalue weighted by Gasteiger charge is 2.29. The Hall–Kier alpha value is -0.960. The van der Waals surface area contributed by atoms with Gasteiger partial charge >= 0.3 is 0 Å². The summed E-state index contributed by atoms with van der Waals surface area (Å²) in [6.07, 6.45) is 2.60. The molecule has 2 heteroatoms. The number of hydrogen-bond donors (Lipinski definition) is 1. The Morgan fingerprint density at radius 2 is 1.71 bits per heavy atom. The van der Waals surface area contributed by atoms with Crippen LogP contribution in [0.3, 0.4) is 0 Å². The van der Waals surface area contributed by atoms with Crippen LogP contribution < -0.4 is 5.32 Å². The molecule has 1 fully saturated rings. The lowest BCUT2D eigenvalue weighted by Crippen LogP contribution is -2.47. The first-order chi connectivity index (χ1) is 9.83. The van der Waals surface area contributed by atoms with E-state index in [9.17, 15) is 0 Å². The minimum Gasteiger partial charge on any atom is -0.304 e. The molecule has 0 saturated carbocycles. The summed E-state index contributed by atoms with van der Waals surface area (Å²) in [6.45, 7) is 16.4. The number of likely N-dealkylation sites (tertiary alicyclic amines) is 1. The predicted molar refractivity (Wildman–Crippen MR) is 91.9 cm³/mol. The molecule has 0 bridgehead atoms. The summed E-state index contributed by atoms with van der Waals surface area (Å²) >= 11 is 0. The number of piperidine rings is 1. The lowest BCUT2D eigenvalue weighted by atomic mass is 9.85. The van der Waals surface area contributed by atoms with Crippen LogP contribution in [-0.2, 0) is 0 Å². The molecule has 0 spiro atoms. The fraction of sp³-hybridized carbons (Fsp3) is 0.789. The molecule has 1 aliphatic heterocycles. The van der Waals surface area contributed by atoms with Crippen molar-refractivity contribution >= 4 is 0 Å². The van der Waals surface area contributed by atoms with Gasteiger partial charge in [-0.15, -0.1) is 0 Å². The Labute approximate surface area is 132 Å². The molecular formula is C19H32N2. The van der Waals surface area contributed by atoms with Crippen LogP contribution in [0.25, 0.3) is 0 Å². The van der Waals surface area contributed by atoms with E-state index in [2.05, 4.69) is 75.4 Å². The van der Waals surface area contributed by atoms with Gasteiger partial charge in [0.25, 0.3) is 0 Å². The normalized spacial score (nSPS) is 17.3. The molecule has 0 aromatic heterocycles. The third-order valence-corrected chi connectivity index (χ3v) is 4.39. The summed E-state index contributed by atoms with van der Waals surface area (Å²) in [4.78, 5) is 2.51. The van der Waals surface area contributed by atoms with Crippen molar-refractivity contribution in [3.8, 4) is 23.7 Å². The van der Waals surface area contributed by atoms with Crippen LogP contribution in [-0.4, -0.2) is 36.1 Å². The zero-order chi connectivity index (χ0) is 15.9. The highest BCUT2D eigenvalue weighted by Crippen LogP contribution is 2.28. The molecule has 0 aliphatic carbocycles. The van der Waals surface area contributed by atoms with E-state index in [1.165, 1.54) is 12.8 Å². The molecule has 0 amide bonds. The largest absolute Gasteiger partial charge is 0.304 e. The van der Waals surface area contributed by atoms with Crippen molar-refractivity contribution in [2.24, 2.45) is 11.8 Å². The highest BCUT2D eigenvalue weighted by molar-refractivity contribution is 5.30. The minimum atomic E-state index is -0.0674. The summed E-state index contributed by atoms with van der Waals surface area (Å²) in [5.41, 5.74) is -0.0674. The Morgan fingerprint density at radius 3 is 2.24 bits per heavy atom. The Bertz CT molecular complexity index is 418. The summed E-state index contributed by atoms with van der Waals surface area (Å²) in [6, 6.07) is 0.478. The standard InChI is InChI=1S/C19H32N2/c1-16(2)18-10-14-21(15-11-18)19(5,6)12-8-7-9-13-20-17(3)4/h16-18,20H,10-11,13-15H2,1-6H3. The van der Waals surface area contributed by atoms with Gasteiger partial charge in [-0.2, -0.15) is 0 Å². The van der Waals surface area contributed by atoms with Crippen molar-refractivity contribution in [2.45, 2.75) is 66.0 Å². The molecule has 1 heterocycles. The van der Waals surface area contributed by atoms with Gasteiger partial charge in [0.15, 0.2) is 0 Å². The average molecular weight is 288 g/mol. The van der Waals surface area contributed by atoms with Gasteiger partial charge in [0.2, 0.25) is 0 Å². The van der Waals surface area contributed by atoms with Crippen LogP contribution >= 0.6 is 0 Å². The number of hydrogen-bond acceptors (Lipinski definition) is 2. The second kappa shape index (κ2) is 8.47. The molecule has 21 heavy (non-hydrogen) atoms. The van der Waals surface area contributed by atoms with Gasteiger partial charge in [0.05, 0.1) is 12.1 Å². The predicted octanol–water partition coefficient (Wildman–Crippen LogP) is 3.14. The lowest BCUT2D eigenvalue weighted by molar-refractivity contribution is 0.0970. The molecule has 1 saturated heterocycles. The Morgan fingerprint density at radius 1 is 1.10 bits per heavy atom. The molecule has 118 valence electrons. The van der Waals surface area contributed by atoms with Gasteiger partial charge in [-0.1, -0.05) is 25.7 Å². The molecule has 1 N–H and O–H groups in total. The number of nitrogens with zero attached hydrogens (tertiary/aromatic N) is 1. The van der Waals surface area contributed by atoms with Crippen LogP contribution in [0.15, 0.2) is 0 Å². The molecule has 0 unspecified atom stereocenters. The molecule has 0 radical (unpaired) electrons. The Balaban J connectivity index is 2.47. The van der Waals surface area contributed by atoms with E-state index in [1.54, 1.807) is 0 Å². The third kappa shape index (κ3) is 6.56. The van der Waals surface area contributed by atoms with Gasteiger partial charge in [0.1, 0.15) is 0 Å². The van der Waals surface area contributed by atoms with Gasteiger partial charge in [-0.05, 0) is 77.3 Å². The van der Waals surface area contributed by atoms with E-state index in [0.29, 0.717) is 12.6 Å². The molecule has 2 nitrogen and oxygen atoms in total. The van der Waals surface area contributed by atoms with Crippen LogP contribution in [0.4, 0.5) is 0 Å². The quantitative estimate of drug-likeness (QED) is 0.800. The number of nitrogens with one attached hydrogen (secondary N) is 1. The van der Waals surface area contributed by atoms with Gasteiger partial charge in [0, 0.05) is 6.04 Å². The van der Waals surface area contributed by atoms with Crippen molar-refractivity contribution in [3.63, 3.8) is 0 Å². The Kier molecular flexibility index (Phi) is 7.30. The first-order valence-corrected chi connectivity index (χ1v) is 8.31. The van der Waals surface area contributed by atoms with Gasteiger partial charge in [-0.25, -0.2) is 0 Å². The average Bonchev–Trinajstić information content (AvgIpc) is 2.42. The smallest absolute Gasteiger partial charge is 0.0779 e. The van der Waals surface area contributed by atoms with E-state index in [1.807, 2.05) is 0 Å². The first-order valence-electron chi connectivity index (χ1n) is 8.31. The lowest BCUT2D eigenvalue weighted by Gasteiger charge is -2.41. The summed E-state index contributed by atoms with van der Waals surface area (Å²) < 4.78 is 0. The van der Waals surface area contributed by atoms with E-state index in [-0.39, 0.29) is 5.54 Å². The van der Waals surface area contributed by atoms with Crippen LogP contribution in [0.1, 0.15) is 54.4 Å². The van der Waals surface area contributed by atoms with Crippen molar-refractivity contribution in [3.05, 3.63) is 0 Å². The van der Waals surface area contributed by atoms with E-state index < -0.39 is 0 Å². The van der Waals surface area contributed by atoms with Crippen molar-refractivity contribution in [1.29, 1.82) is 0 Å². The van der Waals surface area contributed by atoms with E-state index in [0.717, 1.165) is 24.9 Å². The van der Waals surface area contributed by atoms with Crippen molar-refractivity contribution < 1.29 is 0 Å². The summed E-state index contributed by atoms with van der Waals surface area (Å²) in [7, 11) is 0. The molecule has 1 rings (SSSR count). The maximum absolute atomic E-state index is 3.34. The maximum Gasteiger partial charge on any atom is 0.0779 e. The molecular weight excluding hydrogens is 256 g/mol. The third-order valence-electron chi connectivity index (χ3n) is 4.39. The van der Waals surface area contributed by atoms with Crippen molar-refractivity contribution in [1.82, 2.24) is 10.2 Å². The van der Waals surface area contributed by atoms with Gasteiger partial charge in [-0.3, -0.25) is 4.90 Å². The summed E-state index contributed by atoms with van der Waals surface area (Å²) in [5, 5.41) is 3.27. The fourth-order valence-electron chi connectivity index (χ4n) is 2.73. The first kappa shape index (κ1) is 18.1. The second-order valence-electron chi connectivity index (χ2n) is 7.21. The molecule has 0 aromatic carbocycles. The van der Waals surface area contributed by atoms with Crippen LogP contribution in [0.5, 0.6) is 0 Å². The molecule has 0 atom stereocenters.